The van der Waals surface area contributed by atoms with Crippen LogP contribution in [0.1, 0.15) is 31.4 Å². The largest absolute Gasteiger partial charge is 0.493 e. The van der Waals surface area contributed by atoms with Crippen LogP contribution in [0.5, 0.6) is 17.2 Å². The molecule has 7 nitrogen and oxygen atoms in total. The number of carbonyl (C=O) groups excluding carboxylic acids is 1. The van der Waals surface area contributed by atoms with Crippen LogP contribution >= 0.6 is 0 Å². The van der Waals surface area contributed by atoms with Crippen LogP contribution in [0.25, 0.3) is 0 Å². The molecule has 0 radical (unpaired) electrons. The van der Waals surface area contributed by atoms with Gasteiger partial charge in [-0.15, -0.1) is 0 Å². The monoisotopic (exact) mass is 323 g/mol. The van der Waals surface area contributed by atoms with Crippen LogP contribution in [0, 0.1) is 5.41 Å². The first-order valence-electron chi connectivity index (χ1n) is 7.24. The summed E-state index contributed by atoms with van der Waals surface area (Å²) in [6, 6.07) is 3.06. The maximum absolute atomic E-state index is 12.2. The number of nitrogens with one attached hydrogen (secondary N) is 1. The molecule has 1 aliphatic carbocycles. The second kappa shape index (κ2) is 6.36. The van der Waals surface area contributed by atoms with Crippen molar-refractivity contribution in [1.29, 1.82) is 0 Å². The lowest BCUT2D eigenvalue weighted by Gasteiger charge is -2.20. The molecular weight excluding hydrogens is 302 g/mol. The molecule has 0 spiro atoms. The zero-order chi connectivity index (χ0) is 17.2. The third-order valence-electron chi connectivity index (χ3n) is 4.13. The highest BCUT2D eigenvalue weighted by molar-refractivity contribution is 6.04. The molecular formula is C16H21NO6. The summed E-state index contributed by atoms with van der Waals surface area (Å²) in [7, 11) is 4.52. The van der Waals surface area contributed by atoms with E-state index in [-0.39, 0.29) is 0 Å². The van der Waals surface area contributed by atoms with Gasteiger partial charge in [0, 0.05) is 0 Å². The van der Waals surface area contributed by atoms with Gasteiger partial charge < -0.3 is 24.6 Å². The Morgan fingerprint density at radius 1 is 1.13 bits per heavy atom. The molecule has 7 heteroatoms. The highest BCUT2D eigenvalue weighted by atomic mass is 16.5. The van der Waals surface area contributed by atoms with Gasteiger partial charge in [-0.25, -0.2) is 0 Å². The fourth-order valence-corrected chi connectivity index (χ4v) is 2.43. The van der Waals surface area contributed by atoms with E-state index < -0.39 is 23.3 Å². The van der Waals surface area contributed by atoms with Crippen LogP contribution in [0.2, 0.25) is 0 Å². The second-order valence-corrected chi connectivity index (χ2v) is 5.54. The molecule has 1 amide bonds. The highest BCUT2D eigenvalue weighted by Crippen LogP contribution is 2.46. The van der Waals surface area contributed by atoms with Gasteiger partial charge in [-0.1, -0.05) is 0 Å². The smallest absolute Gasteiger partial charge is 0.319 e. The fourth-order valence-electron chi connectivity index (χ4n) is 2.43. The van der Waals surface area contributed by atoms with Crippen molar-refractivity contribution in [3.63, 3.8) is 0 Å². The van der Waals surface area contributed by atoms with E-state index in [1.807, 2.05) is 0 Å². The molecule has 1 aromatic carbocycles. The first-order valence-corrected chi connectivity index (χ1v) is 7.24. The van der Waals surface area contributed by atoms with Gasteiger partial charge in [-0.05, 0) is 37.5 Å². The predicted molar refractivity (Wildman–Crippen MR) is 82.0 cm³/mol. The quantitative estimate of drug-likeness (QED) is 0.743. The standard InChI is InChI=1S/C16H21NO6/c1-9(17-14(18)16(5-6-16)15(19)20)10-7-11(21-2)13(23-4)12(8-10)22-3/h7-9H,5-6H2,1-4H3,(H,17,18)(H,19,20). The third kappa shape index (κ3) is 3.04. The fraction of sp³-hybridized carbons (Fsp3) is 0.500. The van der Waals surface area contributed by atoms with Crippen LogP contribution in [0.3, 0.4) is 0 Å². The summed E-state index contributed by atoms with van der Waals surface area (Å²) < 4.78 is 15.8. The summed E-state index contributed by atoms with van der Waals surface area (Å²) in [5.41, 5.74) is -0.538. The lowest BCUT2D eigenvalue weighted by molar-refractivity contribution is -0.149. The molecule has 0 aliphatic heterocycles. The number of carbonyl (C=O) groups is 2. The van der Waals surface area contributed by atoms with Gasteiger partial charge in [0.15, 0.2) is 11.5 Å². The summed E-state index contributed by atoms with van der Waals surface area (Å²) >= 11 is 0. The van der Waals surface area contributed by atoms with E-state index in [4.69, 9.17) is 14.2 Å². The molecule has 1 atom stereocenters. The van der Waals surface area contributed by atoms with Crippen molar-refractivity contribution < 1.29 is 28.9 Å². The molecule has 2 N–H and O–H groups in total. The van der Waals surface area contributed by atoms with Crippen molar-refractivity contribution in [3.8, 4) is 17.2 Å². The molecule has 1 unspecified atom stereocenters. The lowest BCUT2D eigenvalue weighted by Crippen LogP contribution is -2.38. The lowest BCUT2D eigenvalue weighted by atomic mass is 10.0. The molecule has 1 aromatic rings. The van der Waals surface area contributed by atoms with Gasteiger partial charge in [-0.2, -0.15) is 0 Å². The minimum absolute atomic E-state index is 0.371. The van der Waals surface area contributed by atoms with Crippen molar-refractivity contribution in [2.45, 2.75) is 25.8 Å². The minimum Gasteiger partial charge on any atom is -0.493 e. The molecule has 0 bridgehead atoms. The van der Waals surface area contributed by atoms with Crippen LogP contribution in [0.4, 0.5) is 0 Å². The zero-order valence-corrected chi connectivity index (χ0v) is 13.6. The van der Waals surface area contributed by atoms with Crippen LogP contribution in [-0.4, -0.2) is 38.3 Å². The molecule has 126 valence electrons. The topological polar surface area (TPSA) is 94.1 Å². The van der Waals surface area contributed by atoms with Gasteiger partial charge in [0.1, 0.15) is 5.41 Å². The number of ether oxygens (including phenoxy) is 3. The number of carboxylic acids is 1. The van der Waals surface area contributed by atoms with Gasteiger partial charge in [0.25, 0.3) is 0 Å². The maximum atomic E-state index is 12.2. The highest BCUT2D eigenvalue weighted by Gasteiger charge is 2.57. The number of methoxy groups -OCH3 is 3. The second-order valence-electron chi connectivity index (χ2n) is 5.54. The number of rotatable bonds is 7. The minimum atomic E-state index is -1.27. The van der Waals surface area contributed by atoms with E-state index in [1.165, 1.54) is 21.3 Å². The number of aliphatic carboxylic acids is 1. The van der Waals surface area contributed by atoms with Crippen LogP contribution in [0.15, 0.2) is 12.1 Å². The Morgan fingerprint density at radius 3 is 2.00 bits per heavy atom. The molecule has 1 aliphatic rings. The van der Waals surface area contributed by atoms with Crippen molar-refractivity contribution in [2.75, 3.05) is 21.3 Å². The first kappa shape index (κ1) is 16.9. The first-order chi connectivity index (χ1) is 10.9. The molecule has 0 aromatic heterocycles. The summed E-state index contributed by atoms with van der Waals surface area (Å²) in [6.45, 7) is 1.77. The maximum Gasteiger partial charge on any atom is 0.319 e. The van der Waals surface area contributed by atoms with E-state index in [0.717, 1.165) is 5.56 Å². The van der Waals surface area contributed by atoms with Gasteiger partial charge in [0.05, 0.1) is 27.4 Å². The summed E-state index contributed by atoms with van der Waals surface area (Å²) in [5, 5.41) is 11.9. The average molecular weight is 323 g/mol. The molecule has 0 saturated heterocycles. The van der Waals surface area contributed by atoms with Crippen molar-refractivity contribution >= 4 is 11.9 Å². The third-order valence-corrected chi connectivity index (χ3v) is 4.13. The molecule has 1 fully saturated rings. The van der Waals surface area contributed by atoms with Gasteiger partial charge in [-0.3, -0.25) is 9.59 Å². The van der Waals surface area contributed by atoms with E-state index in [9.17, 15) is 14.7 Å². The SMILES string of the molecule is COc1cc(C(C)NC(=O)C2(C(=O)O)CC2)cc(OC)c1OC. The number of hydrogen-bond acceptors (Lipinski definition) is 5. The van der Waals surface area contributed by atoms with Gasteiger partial charge in [0.2, 0.25) is 11.7 Å². The number of amides is 1. The number of hydrogen-bond donors (Lipinski definition) is 2. The van der Waals surface area contributed by atoms with Gasteiger partial charge >= 0.3 is 5.97 Å². The average Bonchev–Trinajstić information content (AvgIpc) is 3.35. The summed E-state index contributed by atoms with van der Waals surface area (Å²) in [5.74, 6) is -0.135. The Hall–Kier alpha value is -2.44. The van der Waals surface area contributed by atoms with E-state index in [1.54, 1.807) is 19.1 Å². The summed E-state index contributed by atoms with van der Waals surface area (Å²) in [6.07, 6.45) is 0.742. The Morgan fingerprint density at radius 2 is 1.65 bits per heavy atom. The Labute approximate surface area is 134 Å². The van der Waals surface area contributed by atoms with Crippen molar-refractivity contribution in [2.24, 2.45) is 5.41 Å². The Kier molecular flexibility index (Phi) is 4.68. The number of carboxylic acid groups (broad SMARTS) is 1. The van der Waals surface area contributed by atoms with E-state index in [2.05, 4.69) is 5.32 Å². The van der Waals surface area contributed by atoms with E-state index >= 15 is 0 Å². The van der Waals surface area contributed by atoms with E-state index in [0.29, 0.717) is 30.1 Å². The molecule has 2 rings (SSSR count). The Balaban J connectivity index is 2.24. The predicted octanol–water partition coefficient (Wildman–Crippen LogP) is 1.75. The van der Waals surface area contributed by atoms with Crippen molar-refractivity contribution in [1.82, 2.24) is 5.32 Å². The zero-order valence-electron chi connectivity index (χ0n) is 13.6. The van der Waals surface area contributed by atoms with Crippen LogP contribution < -0.4 is 19.5 Å². The molecule has 1 saturated carbocycles. The van der Waals surface area contributed by atoms with Crippen LogP contribution in [-0.2, 0) is 9.59 Å². The molecule has 23 heavy (non-hydrogen) atoms. The molecule has 0 heterocycles. The number of benzene rings is 1. The summed E-state index contributed by atoms with van der Waals surface area (Å²) in [4.78, 5) is 23.4. The van der Waals surface area contributed by atoms with Crippen molar-refractivity contribution in [3.05, 3.63) is 17.7 Å². The normalized spacial score (nSPS) is 16.2. The Bertz CT molecular complexity index is 598.